The summed E-state index contributed by atoms with van der Waals surface area (Å²) < 4.78 is 0. The summed E-state index contributed by atoms with van der Waals surface area (Å²) in [4.78, 5) is 0. The molecule has 1 aromatic rings. The Balaban J connectivity index is 3.17. The molecular formula is C9H10ClNO. The molecule has 0 unspecified atom stereocenters. The third kappa shape index (κ3) is 1.98. The van der Waals surface area contributed by atoms with Crippen molar-refractivity contribution in [3.8, 4) is 0 Å². The maximum absolute atomic E-state index is 8.43. The first-order valence-electron chi connectivity index (χ1n) is 3.59. The van der Waals surface area contributed by atoms with Crippen LogP contribution in [-0.4, -0.2) is 10.4 Å². The van der Waals surface area contributed by atoms with Gasteiger partial charge in [0.1, 0.15) is 0 Å². The van der Waals surface area contributed by atoms with E-state index in [-0.39, 0.29) is 5.17 Å². The Morgan fingerprint density at radius 1 is 1.25 bits per heavy atom. The minimum Gasteiger partial charge on any atom is -0.410 e. The fraction of sp³-hybridized carbons (Fsp3) is 0.222. The lowest BCUT2D eigenvalue weighted by molar-refractivity contribution is 0.321. The molecule has 0 aliphatic heterocycles. The first-order valence-corrected chi connectivity index (χ1v) is 3.97. The molecule has 0 aliphatic rings. The molecule has 0 saturated heterocycles. The molecule has 3 heteroatoms. The summed E-state index contributed by atoms with van der Waals surface area (Å²) in [6, 6.07) is 5.77. The lowest BCUT2D eigenvalue weighted by atomic mass is 10.1. The van der Waals surface area contributed by atoms with Crippen LogP contribution in [0.1, 0.15) is 16.7 Å². The SMILES string of the molecule is Cc1cc(C)cc(C(Cl)=NO)c1. The van der Waals surface area contributed by atoms with Crippen molar-refractivity contribution in [2.45, 2.75) is 13.8 Å². The zero-order chi connectivity index (χ0) is 9.14. The van der Waals surface area contributed by atoms with Gasteiger partial charge in [0.2, 0.25) is 0 Å². The summed E-state index contributed by atoms with van der Waals surface area (Å²) in [6.07, 6.45) is 0. The average Bonchev–Trinajstić information content (AvgIpc) is 2.01. The highest BCUT2D eigenvalue weighted by Crippen LogP contribution is 2.11. The van der Waals surface area contributed by atoms with E-state index in [4.69, 9.17) is 16.8 Å². The normalized spacial score (nSPS) is 11.8. The van der Waals surface area contributed by atoms with Crippen LogP contribution in [0.3, 0.4) is 0 Å². The van der Waals surface area contributed by atoms with Crippen LogP contribution in [0.2, 0.25) is 0 Å². The van der Waals surface area contributed by atoms with Crippen molar-refractivity contribution in [2.24, 2.45) is 5.16 Å². The second-order valence-corrected chi connectivity index (χ2v) is 3.13. The Bertz CT molecular complexity index is 300. The second-order valence-electron chi connectivity index (χ2n) is 2.77. The topological polar surface area (TPSA) is 32.6 Å². The van der Waals surface area contributed by atoms with Gasteiger partial charge in [0.15, 0.2) is 5.17 Å². The molecule has 0 spiro atoms. The fourth-order valence-electron chi connectivity index (χ4n) is 1.15. The van der Waals surface area contributed by atoms with Crippen LogP contribution in [0.15, 0.2) is 23.4 Å². The Kier molecular flexibility index (Phi) is 2.71. The van der Waals surface area contributed by atoms with Crippen molar-refractivity contribution >= 4 is 16.8 Å². The van der Waals surface area contributed by atoms with E-state index in [2.05, 4.69) is 5.16 Å². The first-order chi connectivity index (χ1) is 5.63. The molecule has 1 N–H and O–H groups in total. The zero-order valence-electron chi connectivity index (χ0n) is 7.00. The number of hydrogen-bond donors (Lipinski definition) is 1. The van der Waals surface area contributed by atoms with Crippen LogP contribution >= 0.6 is 11.6 Å². The predicted molar refractivity (Wildman–Crippen MR) is 50.1 cm³/mol. The van der Waals surface area contributed by atoms with E-state index in [9.17, 15) is 0 Å². The van der Waals surface area contributed by atoms with Gasteiger partial charge in [-0.05, 0) is 26.0 Å². The standard InChI is InChI=1S/C9H10ClNO/c1-6-3-7(2)5-8(4-6)9(10)11-12/h3-5,12H,1-2H3. The Hall–Kier alpha value is -1.02. The molecule has 1 rings (SSSR count). The smallest absolute Gasteiger partial charge is 0.175 e. The molecule has 1 aromatic carbocycles. The zero-order valence-corrected chi connectivity index (χ0v) is 7.76. The maximum atomic E-state index is 8.43. The van der Waals surface area contributed by atoms with E-state index < -0.39 is 0 Å². The molecule has 0 atom stereocenters. The number of benzene rings is 1. The van der Waals surface area contributed by atoms with Gasteiger partial charge in [-0.1, -0.05) is 33.9 Å². The maximum Gasteiger partial charge on any atom is 0.175 e. The van der Waals surface area contributed by atoms with Crippen LogP contribution in [0.5, 0.6) is 0 Å². The quantitative estimate of drug-likeness (QED) is 0.405. The first kappa shape index (κ1) is 9.07. The number of hydrogen-bond acceptors (Lipinski definition) is 2. The molecule has 2 nitrogen and oxygen atoms in total. The lowest BCUT2D eigenvalue weighted by Gasteiger charge is -2.00. The van der Waals surface area contributed by atoms with Crippen LogP contribution in [0.25, 0.3) is 0 Å². The number of aryl methyl sites for hydroxylation is 2. The van der Waals surface area contributed by atoms with Crippen LogP contribution in [-0.2, 0) is 0 Å². The van der Waals surface area contributed by atoms with Crippen LogP contribution in [0, 0.1) is 13.8 Å². The van der Waals surface area contributed by atoms with E-state index in [1.165, 1.54) is 0 Å². The van der Waals surface area contributed by atoms with Gasteiger partial charge in [-0.25, -0.2) is 0 Å². The highest BCUT2D eigenvalue weighted by molar-refractivity contribution is 6.69. The Labute approximate surface area is 76.5 Å². The third-order valence-corrected chi connectivity index (χ3v) is 1.84. The highest BCUT2D eigenvalue weighted by atomic mass is 35.5. The van der Waals surface area contributed by atoms with Gasteiger partial charge >= 0.3 is 0 Å². The molecule has 64 valence electrons. The van der Waals surface area contributed by atoms with Gasteiger partial charge < -0.3 is 5.21 Å². The summed E-state index contributed by atoms with van der Waals surface area (Å²) in [5, 5.41) is 11.5. The minimum absolute atomic E-state index is 0.127. The van der Waals surface area contributed by atoms with Crippen molar-refractivity contribution in [3.05, 3.63) is 34.9 Å². The van der Waals surface area contributed by atoms with E-state index in [1.54, 1.807) is 0 Å². The Morgan fingerprint density at radius 3 is 2.17 bits per heavy atom. The minimum atomic E-state index is 0.127. The molecule has 0 heterocycles. The van der Waals surface area contributed by atoms with Crippen molar-refractivity contribution in [3.63, 3.8) is 0 Å². The summed E-state index contributed by atoms with van der Waals surface area (Å²) in [7, 11) is 0. The van der Waals surface area contributed by atoms with E-state index in [0.29, 0.717) is 0 Å². The summed E-state index contributed by atoms with van der Waals surface area (Å²) in [5.41, 5.74) is 2.95. The number of nitrogens with zero attached hydrogens (tertiary/aromatic N) is 1. The number of rotatable bonds is 1. The van der Waals surface area contributed by atoms with Gasteiger partial charge in [0.05, 0.1) is 0 Å². The van der Waals surface area contributed by atoms with Gasteiger partial charge in [-0.3, -0.25) is 0 Å². The van der Waals surface area contributed by atoms with E-state index in [1.807, 2.05) is 32.0 Å². The largest absolute Gasteiger partial charge is 0.410 e. The highest BCUT2D eigenvalue weighted by Gasteiger charge is 2.00. The molecule has 0 aliphatic carbocycles. The second kappa shape index (κ2) is 3.59. The molecule has 0 fully saturated rings. The number of oxime groups is 1. The molecule has 12 heavy (non-hydrogen) atoms. The van der Waals surface area contributed by atoms with Gasteiger partial charge in [0, 0.05) is 5.56 Å². The van der Waals surface area contributed by atoms with Crippen molar-refractivity contribution in [1.82, 2.24) is 0 Å². The molecular weight excluding hydrogens is 174 g/mol. The lowest BCUT2D eigenvalue weighted by Crippen LogP contribution is -1.92. The molecule has 0 amide bonds. The predicted octanol–water partition coefficient (Wildman–Crippen LogP) is 2.68. The van der Waals surface area contributed by atoms with E-state index in [0.717, 1.165) is 16.7 Å². The monoisotopic (exact) mass is 183 g/mol. The Morgan fingerprint density at radius 2 is 1.75 bits per heavy atom. The van der Waals surface area contributed by atoms with Crippen molar-refractivity contribution < 1.29 is 5.21 Å². The van der Waals surface area contributed by atoms with Gasteiger partial charge in [-0.2, -0.15) is 0 Å². The van der Waals surface area contributed by atoms with Crippen molar-refractivity contribution in [1.29, 1.82) is 0 Å². The third-order valence-electron chi connectivity index (χ3n) is 1.55. The van der Waals surface area contributed by atoms with Crippen molar-refractivity contribution in [2.75, 3.05) is 0 Å². The summed E-state index contributed by atoms with van der Waals surface area (Å²) in [6.45, 7) is 3.94. The van der Waals surface area contributed by atoms with Crippen LogP contribution < -0.4 is 0 Å². The average molecular weight is 184 g/mol. The van der Waals surface area contributed by atoms with Gasteiger partial charge in [-0.15, -0.1) is 0 Å². The van der Waals surface area contributed by atoms with Gasteiger partial charge in [0.25, 0.3) is 0 Å². The molecule has 0 radical (unpaired) electrons. The van der Waals surface area contributed by atoms with E-state index >= 15 is 0 Å². The fourth-order valence-corrected chi connectivity index (χ4v) is 1.26. The molecule has 0 bridgehead atoms. The molecule has 0 saturated carbocycles. The summed E-state index contributed by atoms with van der Waals surface area (Å²) >= 11 is 5.63. The molecule has 0 aromatic heterocycles. The van der Waals surface area contributed by atoms with Crippen LogP contribution in [0.4, 0.5) is 0 Å². The number of halogens is 1. The summed E-state index contributed by atoms with van der Waals surface area (Å²) in [5.74, 6) is 0.